The van der Waals surface area contributed by atoms with Crippen molar-refractivity contribution in [1.82, 2.24) is 15.2 Å². The molecule has 0 aliphatic heterocycles. The van der Waals surface area contributed by atoms with E-state index in [9.17, 15) is 13.2 Å². The molecule has 128 valence electrons. The molecule has 8 heteroatoms. The molecule has 0 saturated carbocycles. The van der Waals surface area contributed by atoms with Gasteiger partial charge in [-0.2, -0.15) is 18.3 Å². The summed E-state index contributed by atoms with van der Waals surface area (Å²) in [6.45, 7) is 1.65. The second-order valence-corrected chi connectivity index (χ2v) is 6.02. The first kappa shape index (κ1) is 17.6. The Hall–Kier alpha value is -2.18. The van der Waals surface area contributed by atoms with Gasteiger partial charge in [-0.1, -0.05) is 35.3 Å². The Bertz CT molecular complexity index is 925. The van der Waals surface area contributed by atoms with Crippen LogP contribution in [0.5, 0.6) is 0 Å². The van der Waals surface area contributed by atoms with E-state index in [0.717, 1.165) is 6.07 Å². The van der Waals surface area contributed by atoms with Crippen molar-refractivity contribution < 1.29 is 13.2 Å². The first-order chi connectivity index (χ1) is 11.8. The van der Waals surface area contributed by atoms with Gasteiger partial charge in [0.05, 0.1) is 17.0 Å². The van der Waals surface area contributed by atoms with Crippen LogP contribution >= 0.6 is 23.2 Å². The Balaban J connectivity index is 2.35. The second kappa shape index (κ2) is 6.61. The lowest BCUT2D eigenvalue weighted by atomic mass is 9.95. The number of aryl methyl sites for hydroxylation is 1. The molecule has 3 nitrogen and oxygen atoms in total. The van der Waals surface area contributed by atoms with Gasteiger partial charge in [-0.05, 0) is 36.8 Å². The third-order valence-electron chi connectivity index (χ3n) is 3.59. The van der Waals surface area contributed by atoms with Crippen LogP contribution in [-0.4, -0.2) is 15.2 Å². The molecule has 0 N–H and O–H groups in total. The van der Waals surface area contributed by atoms with Gasteiger partial charge in [0, 0.05) is 22.3 Å². The van der Waals surface area contributed by atoms with Crippen LogP contribution in [0.4, 0.5) is 13.2 Å². The molecule has 0 unspecified atom stereocenters. The van der Waals surface area contributed by atoms with Gasteiger partial charge in [-0.25, -0.2) is 0 Å². The van der Waals surface area contributed by atoms with E-state index >= 15 is 0 Å². The highest BCUT2D eigenvalue weighted by molar-refractivity contribution is 6.33. The SMILES string of the molecule is Cc1nnc(Cl)c(-c2ncccc2C(F)(F)F)c1-c1ccc(Cl)cc1. The highest BCUT2D eigenvalue weighted by Gasteiger charge is 2.36. The predicted molar refractivity (Wildman–Crippen MR) is 90.5 cm³/mol. The smallest absolute Gasteiger partial charge is 0.255 e. The van der Waals surface area contributed by atoms with Crippen molar-refractivity contribution in [2.45, 2.75) is 13.1 Å². The molecule has 1 aromatic carbocycles. The zero-order valence-electron chi connectivity index (χ0n) is 12.8. The molecule has 0 saturated heterocycles. The minimum atomic E-state index is -4.58. The molecule has 2 aromatic heterocycles. The van der Waals surface area contributed by atoms with Crippen molar-refractivity contribution in [3.8, 4) is 22.4 Å². The van der Waals surface area contributed by atoms with Crippen molar-refractivity contribution in [3.05, 3.63) is 64.0 Å². The largest absolute Gasteiger partial charge is 0.418 e. The maximum atomic E-state index is 13.4. The lowest BCUT2D eigenvalue weighted by molar-refractivity contribution is -0.137. The van der Waals surface area contributed by atoms with E-state index in [-0.39, 0.29) is 16.4 Å². The standard InChI is InChI=1S/C17H10Cl2F3N3/c1-9-13(10-4-6-11(18)7-5-10)14(16(19)25-24-9)15-12(17(20,21)22)3-2-8-23-15/h2-8H,1H3. The predicted octanol–water partition coefficient (Wildman–Crippen LogP) is 5.84. The van der Waals surface area contributed by atoms with Crippen LogP contribution in [-0.2, 0) is 6.18 Å². The minimum absolute atomic E-state index is 0.0874. The summed E-state index contributed by atoms with van der Waals surface area (Å²) >= 11 is 12.0. The topological polar surface area (TPSA) is 38.7 Å². The summed E-state index contributed by atoms with van der Waals surface area (Å²) in [5.41, 5.74) is 0.390. The van der Waals surface area contributed by atoms with E-state index in [2.05, 4.69) is 15.2 Å². The van der Waals surface area contributed by atoms with Crippen molar-refractivity contribution in [2.75, 3.05) is 0 Å². The molecule has 0 atom stereocenters. The lowest BCUT2D eigenvalue weighted by Crippen LogP contribution is -2.10. The summed E-state index contributed by atoms with van der Waals surface area (Å²) in [6.07, 6.45) is -3.30. The first-order valence-corrected chi connectivity index (χ1v) is 7.86. The van der Waals surface area contributed by atoms with Gasteiger partial charge in [0.1, 0.15) is 0 Å². The average Bonchev–Trinajstić information content (AvgIpc) is 2.57. The van der Waals surface area contributed by atoms with Gasteiger partial charge < -0.3 is 0 Å². The monoisotopic (exact) mass is 383 g/mol. The van der Waals surface area contributed by atoms with E-state index in [1.54, 1.807) is 31.2 Å². The van der Waals surface area contributed by atoms with Crippen molar-refractivity contribution in [2.24, 2.45) is 0 Å². The van der Waals surface area contributed by atoms with Gasteiger partial charge >= 0.3 is 6.18 Å². The number of pyridine rings is 1. The van der Waals surface area contributed by atoms with E-state index in [0.29, 0.717) is 21.8 Å². The Kier molecular flexibility index (Phi) is 4.67. The fraction of sp³-hybridized carbons (Fsp3) is 0.118. The van der Waals surface area contributed by atoms with E-state index in [1.165, 1.54) is 12.3 Å². The molecule has 0 spiro atoms. The van der Waals surface area contributed by atoms with Gasteiger partial charge in [-0.3, -0.25) is 4.98 Å². The number of alkyl halides is 3. The number of nitrogens with zero attached hydrogens (tertiary/aromatic N) is 3. The molecule has 0 bridgehead atoms. The van der Waals surface area contributed by atoms with Gasteiger partial charge in [0.2, 0.25) is 0 Å². The fourth-order valence-corrected chi connectivity index (χ4v) is 2.87. The van der Waals surface area contributed by atoms with Crippen LogP contribution in [0.2, 0.25) is 10.2 Å². The van der Waals surface area contributed by atoms with Crippen LogP contribution in [0.1, 0.15) is 11.3 Å². The Labute approximate surface area is 151 Å². The summed E-state index contributed by atoms with van der Waals surface area (Å²) in [4.78, 5) is 3.92. The Morgan fingerprint density at radius 3 is 2.24 bits per heavy atom. The van der Waals surface area contributed by atoms with Crippen LogP contribution in [0.25, 0.3) is 22.4 Å². The molecule has 0 aliphatic carbocycles. The summed E-state index contributed by atoms with van der Waals surface area (Å²) in [5, 5.41) is 8.05. The molecule has 0 amide bonds. The van der Waals surface area contributed by atoms with E-state index in [1.807, 2.05) is 0 Å². The van der Waals surface area contributed by atoms with Crippen molar-refractivity contribution in [3.63, 3.8) is 0 Å². The first-order valence-electron chi connectivity index (χ1n) is 7.10. The van der Waals surface area contributed by atoms with Crippen molar-refractivity contribution in [1.29, 1.82) is 0 Å². The normalized spacial score (nSPS) is 11.6. The summed E-state index contributed by atoms with van der Waals surface area (Å²) in [7, 11) is 0. The zero-order chi connectivity index (χ0) is 18.2. The highest BCUT2D eigenvalue weighted by Crippen LogP contribution is 2.42. The third-order valence-corrected chi connectivity index (χ3v) is 4.11. The zero-order valence-corrected chi connectivity index (χ0v) is 14.3. The molecule has 2 heterocycles. The molecule has 0 aliphatic rings. The Morgan fingerprint density at radius 1 is 0.920 bits per heavy atom. The highest BCUT2D eigenvalue weighted by atomic mass is 35.5. The van der Waals surface area contributed by atoms with Crippen LogP contribution in [0.15, 0.2) is 42.6 Å². The minimum Gasteiger partial charge on any atom is -0.255 e. The maximum absolute atomic E-state index is 13.4. The maximum Gasteiger partial charge on any atom is 0.418 e. The number of halogens is 5. The van der Waals surface area contributed by atoms with Crippen LogP contribution in [0.3, 0.4) is 0 Å². The average molecular weight is 384 g/mol. The lowest BCUT2D eigenvalue weighted by Gasteiger charge is -2.16. The fourth-order valence-electron chi connectivity index (χ4n) is 2.52. The Morgan fingerprint density at radius 2 is 1.60 bits per heavy atom. The van der Waals surface area contributed by atoms with E-state index < -0.39 is 11.7 Å². The molecular weight excluding hydrogens is 374 g/mol. The van der Waals surface area contributed by atoms with E-state index in [4.69, 9.17) is 23.2 Å². The number of benzene rings is 1. The van der Waals surface area contributed by atoms with Crippen LogP contribution in [0, 0.1) is 6.92 Å². The van der Waals surface area contributed by atoms with Gasteiger partial charge in [0.25, 0.3) is 0 Å². The molecule has 3 rings (SSSR count). The molecular formula is C17H10Cl2F3N3. The molecule has 0 fully saturated rings. The van der Waals surface area contributed by atoms with Gasteiger partial charge in [0.15, 0.2) is 5.15 Å². The quantitative estimate of drug-likeness (QED) is 0.557. The number of hydrogen-bond donors (Lipinski definition) is 0. The summed E-state index contributed by atoms with van der Waals surface area (Å²) < 4.78 is 40.3. The third kappa shape index (κ3) is 3.45. The second-order valence-electron chi connectivity index (χ2n) is 5.23. The number of rotatable bonds is 2. The molecule has 25 heavy (non-hydrogen) atoms. The number of hydrogen-bond acceptors (Lipinski definition) is 3. The summed E-state index contributed by atoms with van der Waals surface area (Å²) in [5.74, 6) is 0. The molecule has 0 radical (unpaired) electrons. The molecule has 3 aromatic rings. The van der Waals surface area contributed by atoms with Crippen LogP contribution < -0.4 is 0 Å². The number of aromatic nitrogens is 3. The van der Waals surface area contributed by atoms with Gasteiger partial charge in [-0.15, -0.1) is 5.10 Å². The summed E-state index contributed by atoms with van der Waals surface area (Å²) in [6, 6.07) is 8.82. The van der Waals surface area contributed by atoms with Crippen molar-refractivity contribution >= 4 is 23.2 Å².